The van der Waals surface area contributed by atoms with Gasteiger partial charge in [0.15, 0.2) is 18.1 Å². The normalized spacial score (nSPS) is 15.0. The van der Waals surface area contributed by atoms with Gasteiger partial charge in [-0.05, 0) is 98.0 Å². The summed E-state index contributed by atoms with van der Waals surface area (Å²) in [5.41, 5.74) is 1.74. The Morgan fingerprint density at radius 3 is 2.35 bits per heavy atom. The first-order valence-corrected chi connectivity index (χ1v) is 17.5. The Balaban J connectivity index is 1.49. The standard InChI is InChI=1S/C40H50N2O9/c1-6-40(2,3)37(45)38(46)42-23-8-7-12-32(42)39(47)51-33(19-15-28-16-20-34(48-4)35(24-28)49-5)29-10-9-11-31(25-29)50-26-36(44)41-22-21-27-13-17-30(43)18-14-27/h9-11,13-14,16-18,20,24-25,32-33,43H,6-8,12,15,19,21-23,26H2,1-5H3,(H,41,44)/t32?,33-/m1/s1. The van der Waals surface area contributed by atoms with E-state index in [1.165, 1.54) is 4.90 Å². The molecule has 3 aromatic rings. The predicted molar refractivity (Wildman–Crippen MR) is 192 cm³/mol. The number of Topliss-reactive ketones (excluding diaryl/α,β-unsaturated/α-hetero) is 1. The van der Waals surface area contributed by atoms with E-state index < -0.39 is 35.2 Å². The maximum atomic E-state index is 13.9. The number of methoxy groups -OCH3 is 2. The quantitative estimate of drug-likeness (QED) is 0.133. The number of nitrogens with zero attached hydrogens (tertiary/aromatic N) is 1. The molecule has 0 aliphatic carbocycles. The Bertz CT molecular complexity index is 1650. The van der Waals surface area contributed by atoms with Crippen LogP contribution in [0.1, 0.15) is 75.7 Å². The van der Waals surface area contributed by atoms with Crippen LogP contribution < -0.4 is 19.5 Å². The van der Waals surface area contributed by atoms with Crippen molar-refractivity contribution >= 4 is 23.6 Å². The third-order valence-corrected chi connectivity index (χ3v) is 9.40. The Labute approximate surface area is 300 Å². The predicted octanol–water partition coefficient (Wildman–Crippen LogP) is 5.75. The fourth-order valence-corrected chi connectivity index (χ4v) is 5.86. The number of likely N-dealkylation sites (tertiary alicyclic amines) is 1. The number of carbonyl (C=O) groups excluding carboxylic acids is 4. The molecular weight excluding hydrogens is 652 g/mol. The van der Waals surface area contributed by atoms with Gasteiger partial charge in [-0.2, -0.15) is 0 Å². The second-order valence-corrected chi connectivity index (χ2v) is 13.4. The highest BCUT2D eigenvalue weighted by atomic mass is 16.5. The number of hydrogen-bond acceptors (Lipinski definition) is 9. The van der Waals surface area contributed by atoms with Crippen molar-refractivity contribution in [1.29, 1.82) is 0 Å². The van der Waals surface area contributed by atoms with E-state index in [-0.39, 0.29) is 18.3 Å². The third-order valence-electron chi connectivity index (χ3n) is 9.40. The Morgan fingerprint density at radius 2 is 1.65 bits per heavy atom. The molecule has 0 spiro atoms. The maximum Gasteiger partial charge on any atom is 0.329 e. The SMILES string of the molecule is CCC(C)(C)C(=O)C(=O)N1CCCCC1C(=O)O[C@H](CCc1ccc(OC)c(OC)c1)c1cccc(OCC(=O)NCCc2ccc(O)cc2)c1. The van der Waals surface area contributed by atoms with Crippen LogP contribution in [0.3, 0.4) is 0 Å². The van der Waals surface area contributed by atoms with Gasteiger partial charge in [0.05, 0.1) is 14.2 Å². The van der Waals surface area contributed by atoms with E-state index in [1.54, 1.807) is 70.5 Å². The molecule has 51 heavy (non-hydrogen) atoms. The van der Waals surface area contributed by atoms with Crippen LogP contribution in [0.25, 0.3) is 0 Å². The highest BCUT2D eigenvalue weighted by Crippen LogP contribution is 2.32. The molecule has 0 saturated carbocycles. The van der Waals surface area contributed by atoms with Crippen molar-refractivity contribution in [3.05, 3.63) is 83.4 Å². The van der Waals surface area contributed by atoms with Gasteiger partial charge in [0.1, 0.15) is 23.6 Å². The van der Waals surface area contributed by atoms with Crippen LogP contribution in [0.4, 0.5) is 0 Å². The summed E-state index contributed by atoms with van der Waals surface area (Å²) in [6, 6.07) is 18.6. The number of piperidine rings is 1. The van der Waals surface area contributed by atoms with Crippen LogP contribution >= 0.6 is 0 Å². The number of ether oxygens (including phenoxy) is 4. The molecule has 2 atom stereocenters. The van der Waals surface area contributed by atoms with Crippen molar-refractivity contribution in [3.63, 3.8) is 0 Å². The Morgan fingerprint density at radius 1 is 0.922 bits per heavy atom. The number of phenolic OH excluding ortho intramolecular Hbond substituents is 1. The lowest BCUT2D eigenvalue weighted by atomic mass is 9.84. The van der Waals surface area contributed by atoms with Gasteiger partial charge >= 0.3 is 5.97 Å². The van der Waals surface area contributed by atoms with Crippen molar-refractivity contribution in [2.45, 2.75) is 77.9 Å². The lowest BCUT2D eigenvalue weighted by Crippen LogP contribution is -2.53. The van der Waals surface area contributed by atoms with Gasteiger partial charge in [-0.3, -0.25) is 14.4 Å². The molecule has 11 heteroatoms. The number of benzene rings is 3. The van der Waals surface area contributed by atoms with Gasteiger partial charge in [0.25, 0.3) is 11.8 Å². The minimum absolute atomic E-state index is 0.186. The van der Waals surface area contributed by atoms with Crippen LogP contribution in [0, 0.1) is 5.41 Å². The fourth-order valence-electron chi connectivity index (χ4n) is 5.86. The summed E-state index contributed by atoms with van der Waals surface area (Å²) in [6.07, 6.45) is 3.11. The number of amides is 2. The zero-order valence-electron chi connectivity index (χ0n) is 30.2. The van der Waals surface area contributed by atoms with Gasteiger partial charge in [0.2, 0.25) is 5.78 Å². The van der Waals surface area contributed by atoms with E-state index in [0.717, 1.165) is 17.5 Å². The number of ketones is 1. The molecule has 0 aromatic heterocycles. The number of carbonyl (C=O) groups is 4. The van der Waals surface area contributed by atoms with Crippen LogP contribution in [-0.2, 0) is 36.8 Å². The molecular formula is C40H50N2O9. The molecule has 1 heterocycles. The first kappa shape index (κ1) is 38.7. The molecule has 11 nitrogen and oxygen atoms in total. The summed E-state index contributed by atoms with van der Waals surface area (Å²) < 4.78 is 22.9. The molecule has 1 unspecified atom stereocenters. The maximum absolute atomic E-state index is 13.9. The largest absolute Gasteiger partial charge is 0.508 e. The Kier molecular flexibility index (Phi) is 13.9. The summed E-state index contributed by atoms with van der Waals surface area (Å²) >= 11 is 0. The number of aromatic hydroxyl groups is 1. The topological polar surface area (TPSA) is 141 Å². The molecule has 2 amide bonds. The second-order valence-electron chi connectivity index (χ2n) is 13.4. The average molecular weight is 703 g/mol. The number of esters is 1. The van der Waals surface area contributed by atoms with Crippen molar-refractivity contribution in [2.75, 3.05) is 33.9 Å². The highest BCUT2D eigenvalue weighted by molar-refractivity contribution is 6.38. The van der Waals surface area contributed by atoms with E-state index in [0.29, 0.717) is 74.4 Å². The number of hydrogen-bond donors (Lipinski definition) is 2. The molecule has 1 saturated heterocycles. The van der Waals surface area contributed by atoms with Crippen molar-refractivity contribution in [3.8, 4) is 23.0 Å². The molecule has 2 N–H and O–H groups in total. The fraction of sp³-hybridized carbons (Fsp3) is 0.450. The van der Waals surface area contributed by atoms with E-state index in [2.05, 4.69) is 5.32 Å². The molecule has 1 aliphatic heterocycles. The summed E-state index contributed by atoms with van der Waals surface area (Å²) in [5.74, 6) is -0.232. The van der Waals surface area contributed by atoms with E-state index in [1.807, 2.05) is 31.2 Å². The molecule has 4 rings (SSSR count). The van der Waals surface area contributed by atoms with Crippen LogP contribution in [0.2, 0.25) is 0 Å². The average Bonchev–Trinajstić information content (AvgIpc) is 3.15. The van der Waals surface area contributed by atoms with Gasteiger partial charge in [-0.15, -0.1) is 0 Å². The zero-order valence-corrected chi connectivity index (χ0v) is 30.2. The van der Waals surface area contributed by atoms with Crippen LogP contribution in [0.5, 0.6) is 23.0 Å². The highest BCUT2D eigenvalue weighted by Gasteiger charge is 2.41. The molecule has 1 fully saturated rings. The number of rotatable bonds is 17. The molecule has 274 valence electrons. The number of phenols is 1. The van der Waals surface area contributed by atoms with Gasteiger partial charge in [-0.25, -0.2) is 4.79 Å². The zero-order chi connectivity index (χ0) is 37.0. The molecule has 3 aromatic carbocycles. The third kappa shape index (κ3) is 10.7. The van der Waals surface area contributed by atoms with Crippen molar-refractivity contribution < 1.29 is 43.2 Å². The lowest BCUT2D eigenvalue weighted by molar-refractivity contribution is -0.164. The number of aryl methyl sites for hydroxylation is 1. The van der Waals surface area contributed by atoms with Crippen LogP contribution in [-0.4, -0.2) is 73.5 Å². The lowest BCUT2D eigenvalue weighted by Gasteiger charge is -2.36. The first-order chi connectivity index (χ1) is 24.4. The number of nitrogens with one attached hydrogen (secondary N) is 1. The van der Waals surface area contributed by atoms with E-state index >= 15 is 0 Å². The summed E-state index contributed by atoms with van der Waals surface area (Å²) in [4.78, 5) is 54.4. The second kappa shape index (κ2) is 18.3. The molecule has 0 bridgehead atoms. The summed E-state index contributed by atoms with van der Waals surface area (Å²) in [6.45, 7) is 5.84. The minimum Gasteiger partial charge on any atom is -0.508 e. The summed E-state index contributed by atoms with van der Waals surface area (Å²) in [5, 5.41) is 12.3. The van der Waals surface area contributed by atoms with Crippen molar-refractivity contribution in [2.24, 2.45) is 5.41 Å². The van der Waals surface area contributed by atoms with Gasteiger partial charge in [0, 0.05) is 18.5 Å². The van der Waals surface area contributed by atoms with E-state index in [4.69, 9.17) is 18.9 Å². The summed E-state index contributed by atoms with van der Waals surface area (Å²) in [7, 11) is 3.14. The monoisotopic (exact) mass is 702 g/mol. The van der Waals surface area contributed by atoms with Gasteiger partial charge in [-0.1, -0.05) is 51.1 Å². The van der Waals surface area contributed by atoms with Gasteiger partial charge < -0.3 is 34.3 Å². The van der Waals surface area contributed by atoms with Crippen LogP contribution in [0.15, 0.2) is 66.7 Å². The first-order valence-electron chi connectivity index (χ1n) is 17.5. The molecule has 1 aliphatic rings. The molecule has 0 radical (unpaired) electrons. The Hall–Kier alpha value is -5.06. The van der Waals surface area contributed by atoms with E-state index in [9.17, 15) is 24.3 Å². The van der Waals surface area contributed by atoms with Crippen molar-refractivity contribution in [1.82, 2.24) is 10.2 Å². The smallest absolute Gasteiger partial charge is 0.329 e. The minimum atomic E-state index is -0.879.